The van der Waals surface area contributed by atoms with Gasteiger partial charge in [0.05, 0.1) is 6.54 Å². The third-order valence-electron chi connectivity index (χ3n) is 2.57. The van der Waals surface area contributed by atoms with Crippen molar-refractivity contribution in [3.63, 3.8) is 0 Å². The molecule has 1 aromatic carbocycles. The first kappa shape index (κ1) is 15.1. The fourth-order valence-electron chi connectivity index (χ4n) is 1.61. The molecule has 18 heavy (non-hydrogen) atoms. The van der Waals surface area contributed by atoms with Crippen LogP contribution in [-0.4, -0.2) is 54.6 Å². The minimum Gasteiger partial charge on any atom is -0.480 e. The molecule has 0 amide bonds. The summed E-state index contributed by atoms with van der Waals surface area (Å²) in [5, 5.41) is 8.93. The molecule has 0 aliphatic heterocycles. The van der Waals surface area contributed by atoms with Gasteiger partial charge in [0.2, 0.25) is 0 Å². The van der Waals surface area contributed by atoms with Gasteiger partial charge in [-0.15, -0.1) is 0 Å². The summed E-state index contributed by atoms with van der Waals surface area (Å²) in [6.07, 6.45) is 0. The summed E-state index contributed by atoms with van der Waals surface area (Å²) >= 11 is 3.49. The zero-order valence-electron chi connectivity index (χ0n) is 10.8. The fraction of sp³-hybridized carbons (Fsp3) is 0.462. The van der Waals surface area contributed by atoms with Crippen LogP contribution in [0.15, 0.2) is 28.7 Å². The minimum atomic E-state index is -0.791. The van der Waals surface area contributed by atoms with E-state index in [4.69, 9.17) is 5.11 Å². The first-order valence-corrected chi connectivity index (χ1v) is 6.60. The molecule has 0 spiro atoms. The van der Waals surface area contributed by atoms with E-state index in [0.717, 1.165) is 23.1 Å². The molecule has 100 valence electrons. The Morgan fingerprint density at radius 3 is 2.50 bits per heavy atom. The molecule has 0 radical (unpaired) electrons. The molecular weight excluding hydrogens is 296 g/mol. The molecule has 1 N–H and O–H groups in total. The van der Waals surface area contributed by atoms with Gasteiger partial charge in [0.25, 0.3) is 0 Å². The highest BCUT2D eigenvalue weighted by Gasteiger charge is 2.11. The largest absolute Gasteiger partial charge is 0.480 e. The number of hydrogen-bond acceptors (Lipinski definition) is 3. The highest BCUT2D eigenvalue weighted by molar-refractivity contribution is 9.10. The highest BCUT2D eigenvalue weighted by Crippen LogP contribution is 2.17. The molecule has 0 atom stereocenters. The van der Waals surface area contributed by atoms with Gasteiger partial charge in [-0.1, -0.05) is 34.1 Å². The third kappa shape index (κ3) is 5.62. The Morgan fingerprint density at radius 2 is 1.94 bits per heavy atom. The monoisotopic (exact) mass is 314 g/mol. The molecule has 0 aromatic heterocycles. The van der Waals surface area contributed by atoms with Crippen molar-refractivity contribution >= 4 is 21.9 Å². The maximum atomic E-state index is 10.9. The van der Waals surface area contributed by atoms with E-state index in [-0.39, 0.29) is 6.54 Å². The van der Waals surface area contributed by atoms with Gasteiger partial charge >= 0.3 is 5.97 Å². The molecule has 1 rings (SSSR count). The van der Waals surface area contributed by atoms with Gasteiger partial charge in [-0.25, -0.2) is 0 Å². The topological polar surface area (TPSA) is 43.8 Å². The maximum absolute atomic E-state index is 10.9. The number of rotatable bonds is 7. The average Bonchev–Trinajstić information content (AvgIpc) is 2.28. The van der Waals surface area contributed by atoms with Gasteiger partial charge in [-0.05, 0) is 25.7 Å². The van der Waals surface area contributed by atoms with Crippen molar-refractivity contribution < 1.29 is 9.90 Å². The third-order valence-corrected chi connectivity index (χ3v) is 3.35. The van der Waals surface area contributed by atoms with E-state index in [1.54, 1.807) is 0 Å². The second-order valence-electron chi connectivity index (χ2n) is 4.50. The number of hydrogen-bond donors (Lipinski definition) is 1. The van der Waals surface area contributed by atoms with Crippen LogP contribution in [0, 0.1) is 0 Å². The summed E-state index contributed by atoms with van der Waals surface area (Å²) in [7, 11) is 3.97. The zero-order chi connectivity index (χ0) is 13.5. The van der Waals surface area contributed by atoms with Crippen molar-refractivity contribution in [3.8, 4) is 0 Å². The number of likely N-dealkylation sites (N-methyl/N-ethyl adjacent to an activating group) is 1. The minimum absolute atomic E-state index is 0.0647. The first-order valence-electron chi connectivity index (χ1n) is 5.81. The van der Waals surface area contributed by atoms with Crippen molar-refractivity contribution in [2.24, 2.45) is 0 Å². The number of nitrogens with zero attached hydrogens (tertiary/aromatic N) is 2. The summed E-state index contributed by atoms with van der Waals surface area (Å²) in [6.45, 7) is 2.29. The van der Waals surface area contributed by atoms with Crippen LogP contribution in [0.5, 0.6) is 0 Å². The first-order chi connectivity index (χ1) is 8.49. The van der Waals surface area contributed by atoms with Crippen molar-refractivity contribution in [1.82, 2.24) is 9.80 Å². The molecule has 0 heterocycles. The van der Waals surface area contributed by atoms with Crippen LogP contribution in [0.3, 0.4) is 0 Å². The maximum Gasteiger partial charge on any atom is 0.317 e. The van der Waals surface area contributed by atoms with Crippen LogP contribution >= 0.6 is 15.9 Å². The van der Waals surface area contributed by atoms with Crippen molar-refractivity contribution in [2.45, 2.75) is 6.54 Å². The number of carbonyl (C=O) groups is 1. The van der Waals surface area contributed by atoms with E-state index in [1.165, 1.54) is 0 Å². The average molecular weight is 315 g/mol. The van der Waals surface area contributed by atoms with E-state index in [0.29, 0.717) is 6.54 Å². The zero-order valence-corrected chi connectivity index (χ0v) is 12.4. The predicted molar refractivity (Wildman–Crippen MR) is 75.6 cm³/mol. The normalized spacial score (nSPS) is 11.2. The predicted octanol–water partition coefficient (Wildman–Crippen LogP) is 1.90. The highest BCUT2D eigenvalue weighted by atomic mass is 79.9. The summed E-state index contributed by atoms with van der Waals surface area (Å²) in [6, 6.07) is 7.90. The van der Waals surface area contributed by atoms with Crippen LogP contribution in [0.2, 0.25) is 0 Å². The van der Waals surface area contributed by atoms with Crippen molar-refractivity contribution in [3.05, 3.63) is 34.3 Å². The Labute approximate surface area is 116 Å². The number of carboxylic acids is 1. The number of aliphatic carboxylic acids is 1. The Kier molecular flexibility index (Phi) is 6.32. The van der Waals surface area contributed by atoms with E-state index in [9.17, 15) is 4.79 Å². The molecule has 0 saturated heterocycles. The van der Waals surface area contributed by atoms with Crippen LogP contribution < -0.4 is 0 Å². The lowest BCUT2D eigenvalue weighted by Crippen LogP contribution is -2.35. The van der Waals surface area contributed by atoms with Crippen LogP contribution in [0.1, 0.15) is 5.56 Å². The number of benzene rings is 1. The number of carboxylic acid groups (broad SMARTS) is 1. The Bertz CT molecular complexity index is 396. The molecule has 1 aromatic rings. The summed E-state index contributed by atoms with van der Waals surface area (Å²) in [5.41, 5.74) is 1.11. The molecule has 0 aliphatic carbocycles. The number of halogens is 1. The van der Waals surface area contributed by atoms with Gasteiger partial charge in [-0.2, -0.15) is 0 Å². The second kappa shape index (κ2) is 7.51. The van der Waals surface area contributed by atoms with Crippen LogP contribution in [0.4, 0.5) is 0 Å². The second-order valence-corrected chi connectivity index (χ2v) is 5.35. The van der Waals surface area contributed by atoms with Crippen molar-refractivity contribution in [1.29, 1.82) is 0 Å². The van der Waals surface area contributed by atoms with Gasteiger partial charge in [0.1, 0.15) is 0 Å². The molecule has 0 bridgehead atoms. The van der Waals surface area contributed by atoms with E-state index in [1.807, 2.05) is 43.3 Å². The lowest BCUT2D eigenvalue weighted by molar-refractivity contribution is -0.138. The molecule has 0 fully saturated rings. The SMILES string of the molecule is CN(C)CCN(CC(=O)O)Cc1ccccc1Br. The molecular formula is C13H19BrN2O2. The molecule has 0 saturated carbocycles. The molecule has 0 unspecified atom stereocenters. The summed E-state index contributed by atoms with van der Waals surface area (Å²) < 4.78 is 1.02. The van der Waals surface area contributed by atoms with Gasteiger partial charge in [0.15, 0.2) is 0 Å². The molecule has 4 nitrogen and oxygen atoms in total. The fourth-order valence-corrected chi connectivity index (χ4v) is 2.02. The summed E-state index contributed by atoms with van der Waals surface area (Å²) in [5.74, 6) is -0.791. The van der Waals surface area contributed by atoms with Crippen molar-refractivity contribution in [2.75, 3.05) is 33.7 Å². The van der Waals surface area contributed by atoms with Crippen LogP contribution in [0.25, 0.3) is 0 Å². The lowest BCUT2D eigenvalue weighted by atomic mass is 10.2. The summed E-state index contributed by atoms with van der Waals surface area (Å²) in [4.78, 5) is 14.8. The molecule has 0 aliphatic rings. The Morgan fingerprint density at radius 1 is 1.28 bits per heavy atom. The smallest absolute Gasteiger partial charge is 0.317 e. The molecule has 5 heteroatoms. The van der Waals surface area contributed by atoms with E-state index in [2.05, 4.69) is 20.8 Å². The van der Waals surface area contributed by atoms with E-state index < -0.39 is 5.97 Å². The van der Waals surface area contributed by atoms with Gasteiger partial charge in [0, 0.05) is 24.1 Å². The Hall–Kier alpha value is -0.910. The van der Waals surface area contributed by atoms with Gasteiger partial charge < -0.3 is 10.0 Å². The van der Waals surface area contributed by atoms with Crippen LogP contribution in [-0.2, 0) is 11.3 Å². The lowest BCUT2D eigenvalue weighted by Gasteiger charge is -2.22. The van der Waals surface area contributed by atoms with E-state index >= 15 is 0 Å². The van der Waals surface area contributed by atoms with Gasteiger partial charge in [-0.3, -0.25) is 9.69 Å². The quantitative estimate of drug-likeness (QED) is 0.835. The Balaban J connectivity index is 2.65. The standard InChI is InChI=1S/C13H19BrN2O2/c1-15(2)7-8-16(10-13(17)18)9-11-5-3-4-6-12(11)14/h3-6H,7-10H2,1-2H3,(H,17,18).